The smallest absolute Gasteiger partial charge is 0.306 e. The number of ketones is 1. The van der Waals surface area contributed by atoms with E-state index in [0.29, 0.717) is 5.56 Å². The van der Waals surface area contributed by atoms with Crippen LogP contribution in [0.3, 0.4) is 0 Å². The summed E-state index contributed by atoms with van der Waals surface area (Å²) >= 11 is 0. The number of Topliss-reactive ketones (excluding diaryl/α,β-unsaturated/α-hetero) is 1. The summed E-state index contributed by atoms with van der Waals surface area (Å²) in [4.78, 5) is 23.0. The molecule has 0 fully saturated rings. The van der Waals surface area contributed by atoms with Gasteiger partial charge in [0.2, 0.25) is 0 Å². The first-order valence-corrected chi connectivity index (χ1v) is 8.65. The molecule has 21 heavy (non-hydrogen) atoms. The van der Waals surface area contributed by atoms with Crippen LogP contribution in [0.2, 0.25) is 0 Å². The highest BCUT2D eigenvalue weighted by atomic mass is 32.2. The van der Waals surface area contributed by atoms with Crippen LogP contribution in [0.4, 0.5) is 0 Å². The van der Waals surface area contributed by atoms with Crippen molar-refractivity contribution >= 4 is 21.6 Å². The van der Waals surface area contributed by atoms with Crippen molar-refractivity contribution in [3.05, 3.63) is 34.9 Å². The minimum Gasteiger partial charge on any atom is -0.469 e. The molecule has 1 aliphatic carbocycles. The fourth-order valence-corrected chi connectivity index (χ4v) is 3.63. The molecule has 0 saturated heterocycles. The van der Waals surface area contributed by atoms with Crippen molar-refractivity contribution in [2.75, 3.05) is 18.6 Å². The summed E-state index contributed by atoms with van der Waals surface area (Å²) in [6.07, 6.45) is 2.80. The van der Waals surface area contributed by atoms with Gasteiger partial charge >= 0.3 is 5.97 Å². The van der Waals surface area contributed by atoms with Crippen molar-refractivity contribution in [3.63, 3.8) is 0 Å². The lowest BCUT2D eigenvalue weighted by molar-refractivity contribution is -0.140. The number of hydrogen-bond donors (Lipinski definition) is 0. The molecule has 0 N–H and O–H groups in total. The van der Waals surface area contributed by atoms with E-state index >= 15 is 0 Å². The minimum absolute atomic E-state index is 0.226. The Balaban J connectivity index is 2.02. The number of ether oxygens (including phenoxy) is 1. The highest BCUT2D eigenvalue weighted by Crippen LogP contribution is 2.23. The van der Waals surface area contributed by atoms with Crippen molar-refractivity contribution in [2.24, 2.45) is 0 Å². The highest BCUT2D eigenvalue weighted by molar-refractivity contribution is 7.92. The molecule has 1 aliphatic rings. The van der Waals surface area contributed by atoms with E-state index in [1.54, 1.807) is 12.1 Å². The van der Waals surface area contributed by atoms with Crippen LogP contribution in [0, 0.1) is 0 Å². The summed E-state index contributed by atoms with van der Waals surface area (Å²) in [5.74, 6) is -1.95. The van der Waals surface area contributed by atoms with E-state index in [1.807, 2.05) is 6.07 Å². The Labute approximate surface area is 124 Å². The predicted molar refractivity (Wildman–Crippen MR) is 78.1 cm³/mol. The van der Waals surface area contributed by atoms with Gasteiger partial charge in [0.1, 0.15) is 5.75 Å². The summed E-state index contributed by atoms with van der Waals surface area (Å²) < 4.78 is 28.1. The molecule has 0 heterocycles. The molecule has 1 aromatic carbocycles. The zero-order valence-corrected chi connectivity index (χ0v) is 12.7. The largest absolute Gasteiger partial charge is 0.469 e. The quantitative estimate of drug-likeness (QED) is 0.585. The van der Waals surface area contributed by atoms with Crippen molar-refractivity contribution in [3.8, 4) is 0 Å². The van der Waals surface area contributed by atoms with E-state index in [9.17, 15) is 18.0 Å². The monoisotopic (exact) mass is 310 g/mol. The third-order valence-corrected chi connectivity index (χ3v) is 5.14. The van der Waals surface area contributed by atoms with E-state index in [0.717, 1.165) is 24.8 Å². The van der Waals surface area contributed by atoms with Crippen LogP contribution in [0.5, 0.6) is 0 Å². The number of benzene rings is 1. The van der Waals surface area contributed by atoms with Gasteiger partial charge in [-0.05, 0) is 36.5 Å². The SMILES string of the molecule is COC(=O)CCS(=O)(=O)CC(=O)c1ccc2c(c1)CCC2. The minimum atomic E-state index is -3.60. The van der Waals surface area contributed by atoms with Crippen molar-refractivity contribution in [2.45, 2.75) is 25.7 Å². The first-order chi connectivity index (χ1) is 9.91. The summed E-state index contributed by atoms with van der Waals surface area (Å²) in [7, 11) is -2.40. The summed E-state index contributed by atoms with van der Waals surface area (Å²) in [5, 5.41) is 0. The van der Waals surface area contributed by atoms with Crippen LogP contribution in [-0.4, -0.2) is 38.8 Å². The Kier molecular flexibility index (Phi) is 4.77. The maximum Gasteiger partial charge on any atom is 0.306 e. The molecule has 0 unspecified atom stereocenters. The summed E-state index contributed by atoms with van der Waals surface area (Å²) in [6.45, 7) is 0. The number of hydrogen-bond acceptors (Lipinski definition) is 5. The van der Waals surface area contributed by atoms with Crippen LogP contribution in [-0.2, 0) is 32.2 Å². The first kappa shape index (κ1) is 15.7. The van der Waals surface area contributed by atoms with Gasteiger partial charge in [-0.15, -0.1) is 0 Å². The van der Waals surface area contributed by atoms with Crippen LogP contribution < -0.4 is 0 Å². The zero-order valence-electron chi connectivity index (χ0n) is 11.9. The van der Waals surface area contributed by atoms with Gasteiger partial charge < -0.3 is 4.74 Å². The van der Waals surface area contributed by atoms with Crippen LogP contribution >= 0.6 is 0 Å². The van der Waals surface area contributed by atoms with Crippen LogP contribution in [0.15, 0.2) is 18.2 Å². The Morgan fingerprint density at radius 2 is 1.90 bits per heavy atom. The van der Waals surface area contributed by atoms with Crippen LogP contribution in [0.25, 0.3) is 0 Å². The normalized spacial score (nSPS) is 13.8. The van der Waals surface area contributed by atoms with Crippen molar-refractivity contribution in [1.29, 1.82) is 0 Å². The summed E-state index contributed by atoms with van der Waals surface area (Å²) in [5.41, 5.74) is 2.80. The fourth-order valence-electron chi connectivity index (χ4n) is 2.44. The standard InChI is InChI=1S/C15H18O5S/c1-20-15(17)7-8-21(18,19)10-14(16)13-6-5-11-3-2-4-12(11)9-13/h5-6,9H,2-4,7-8,10H2,1H3. The molecule has 1 aromatic rings. The number of methoxy groups -OCH3 is 1. The average molecular weight is 310 g/mol. The number of aryl methyl sites for hydroxylation is 2. The lowest BCUT2D eigenvalue weighted by atomic mass is 10.0. The molecule has 0 aromatic heterocycles. The number of esters is 1. The van der Waals surface area contributed by atoms with Gasteiger partial charge in [0, 0.05) is 5.56 Å². The van der Waals surface area contributed by atoms with Gasteiger partial charge in [0.15, 0.2) is 15.6 Å². The Morgan fingerprint density at radius 1 is 1.19 bits per heavy atom. The van der Waals surface area contributed by atoms with Gasteiger partial charge in [0.05, 0.1) is 19.3 Å². The molecule has 0 aliphatic heterocycles. The number of rotatable bonds is 6. The average Bonchev–Trinajstić information content (AvgIpc) is 2.91. The van der Waals surface area contributed by atoms with E-state index in [-0.39, 0.29) is 12.2 Å². The second-order valence-electron chi connectivity index (χ2n) is 5.18. The van der Waals surface area contributed by atoms with Gasteiger partial charge in [0.25, 0.3) is 0 Å². The van der Waals surface area contributed by atoms with Gasteiger partial charge in [-0.25, -0.2) is 8.42 Å². The van der Waals surface area contributed by atoms with E-state index < -0.39 is 27.3 Å². The molecule has 0 atom stereocenters. The Hall–Kier alpha value is -1.69. The molecule has 0 radical (unpaired) electrons. The maximum absolute atomic E-state index is 12.1. The third-order valence-electron chi connectivity index (χ3n) is 3.62. The van der Waals surface area contributed by atoms with Gasteiger partial charge in [-0.2, -0.15) is 0 Å². The zero-order chi connectivity index (χ0) is 15.5. The van der Waals surface area contributed by atoms with Crippen LogP contribution in [0.1, 0.15) is 34.3 Å². The Bertz CT molecular complexity index is 661. The maximum atomic E-state index is 12.1. The second kappa shape index (κ2) is 6.39. The second-order valence-corrected chi connectivity index (χ2v) is 7.36. The van der Waals surface area contributed by atoms with Crippen molar-refractivity contribution in [1.82, 2.24) is 0 Å². The lowest BCUT2D eigenvalue weighted by Crippen LogP contribution is -2.21. The molecule has 0 spiro atoms. The third kappa shape index (κ3) is 4.14. The van der Waals surface area contributed by atoms with Gasteiger partial charge in [-0.1, -0.05) is 12.1 Å². The molecule has 0 amide bonds. The fraction of sp³-hybridized carbons (Fsp3) is 0.467. The molecule has 0 bridgehead atoms. The lowest BCUT2D eigenvalue weighted by Gasteiger charge is -2.06. The number of sulfone groups is 1. The molecule has 6 heteroatoms. The number of carbonyl (C=O) groups excluding carboxylic acids is 2. The first-order valence-electron chi connectivity index (χ1n) is 6.83. The predicted octanol–water partition coefficient (Wildman–Crippen LogP) is 1.34. The van der Waals surface area contributed by atoms with E-state index in [2.05, 4.69) is 4.74 Å². The highest BCUT2D eigenvalue weighted by Gasteiger charge is 2.21. The van der Waals surface area contributed by atoms with E-state index in [1.165, 1.54) is 12.7 Å². The van der Waals surface area contributed by atoms with Crippen molar-refractivity contribution < 1.29 is 22.7 Å². The molecule has 0 saturated carbocycles. The molecular formula is C15H18O5S. The molecule has 5 nitrogen and oxygen atoms in total. The number of carbonyl (C=O) groups is 2. The molecule has 114 valence electrons. The number of fused-ring (bicyclic) bond motifs is 1. The molecule has 2 rings (SSSR count). The topological polar surface area (TPSA) is 77.5 Å². The summed E-state index contributed by atoms with van der Waals surface area (Å²) in [6, 6.07) is 5.37. The van der Waals surface area contributed by atoms with E-state index in [4.69, 9.17) is 0 Å². The Morgan fingerprint density at radius 3 is 2.62 bits per heavy atom. The molecular weight excluding hydrogens is 292 g/mol. The van der Waals surface area contributed by atoms with Gasteiger partial charge in [-0.3, -0.25) is 9.59 Å².